The third-order valence-electron chi connectivity index (χ3n) is 10.7. The Balaban J connectivity index is 1.31. The number of likely N-dealkylation sites (tertiary alicyclic amines) is 1. The second kappa shape index (κ2) is 17.5. The fourth-order valence-corrected chi connectivity index (χ4v) is 8.79. The Bertz CT molecular complexity index is 1820. The number of carbonyl (C=O) groups excluding carboxylic acids is 4. The number of amides is 4. The highest BCUT2D eigenvalue weighted by Crippen LogP contribution is 2.45. The van der Waals surface area contributed by atoms with Crippen LogP contribution in [0.1, 0.15) is 79.1 Å². The van der Waals surface area contributed by atoms with E-state index in [-0.39, 0.29) is 32.1 Å². The van der Waals surface area contributed by atoms with E-state index < -0.39 is 69.0 Å². The maximum atomic E-state index is 14.1. The molecule has 15 heteroatoms. The van der Waals surface area contributed by atoms with Gasteiger partial charge >= 0.3 is 0 Å². The Morgan fingerprint density at radius 2 is 1.85 bits per heavy atom. The van der Waals surface area contributed by atoms with Crippen LogP contribution in [0.4, 0.5) is 0 Å². The molecule has 3 N–H and O–H groups in total. The Morgan fingerprint density at radius 1 is 1.11 bits per heavy atom. The quantitative estimate of drug-likeness (QED) is 0.168. The van der Waals surface area contributed by atoms with Crippen LogP contribution in [-0.2, 0) is 33.9 Å². The van der Waals surface area contributed by atoms with Gasteiger partial charge in [-0.2, -0.15) is 0 Å². The Kier molecular flexibility index (Phi) is 13.3. The number of sulfonamides is 1. The van der Waals surface area contributed by atoms with Crippen molar-refractivity contribution in [2.24, 2.45) is 17.8 Å². The van der Waals surface area contributed by atoms with Crippen molar-refractivity contribution in [1.29, 1.82) is 0 Å². The molecule has 54 heavy (non-hydrogen) atoms. The maximum Gasteiger partial charge on any atom is 0.259 e. The summed E-state index contributed by atoms with van der Waals surface area (Å²) in [4.78, 5) is 60.0. The van der Waals surface area contributed by atoms with Gasteiger partial charge in [0.05, 0.1) is 31.6 Å². The second-order valence-electron chi connectivity index (χ2n) is 15.0. The summed E-state index contributed by atoms with van der Waals surface area (Å²) in [5, 5.41) is 6.32. The van der Waals surface area contributed by atoms with Gasteiger partial charge in [0, 0.05) is 23.9 Å². The van der Waals surface area contributed by atoms with Crippen LogP contribution in [0.2, 0.25) is 0 Å². The molecule has 1 aromatic carbocycles. The number of methoxy groups -OCH3 is 1. The molecule has 5 rings (SSSR count). The molecule has 4 amide bonds. The van der Waals surface area contributed by atoms with Crippen LogP contribution in [-0.4, -0.2) is 97.8 Å². The second-order valence-corrected chi connectivity index (χ2v) is 17.0. The topological polar surface area (TPSA) is 182 Å². The predicted octanol–water partition coefficient (Wildman–Crippen LogP) is 3.63. The average molecular weight is 770 g/mol. The lowest BCUT2D eigenvalue weighted by Crippen LogP contribution is -2.57. The Hall–Kier alpha value is -4.24. The third-order valence-corrected chi connectivity index (χ3v) is 12.6. The molecule has 296 valence electrons. The van der Waals surface area contributed by atoms with Gasteiger partial charge < -0.3 is 29.7 Å². The molecule has 3 aliphatic rings. The molecule has 2 saturated carbocycles. The molecule has 2 aliphatic carbocycles. The molecular weight excluding hydrogens is 715 g/mol. The molecular formula is C39H55N5O9S. The molecule has 2 aromatic rings. The van der Waals surface area contributed by atoms with Crippen molar-refractivity contribution in [3.8, 4) is 11.6 Å². The van der Waals surface area contributed by atoms with Crippen LogP contribution < -0.4 is 24.8 Å². The van der Waals surface area contributed by atoms with Gasteiger partial charge in [-0.15, -0.1) is 6.58 Å². The molecule has 0 radical (unpaired) electrons. The van der Waals surface area contributed by atoms with Crippen molar-refractivity contribution < 1.29 is 41.8 Å². The lowest BCUT2D eigenvalue weighted by atomic mass is 9.84. The third kappa shape index (κ3) is 9.52. The smallest absolute Gasteiger partial charge is 0.259 e. The summed E-state index contributed by atoms with van der Waals surface area (Å²) in [6.45, 7) is 11.7. The van der Waals surface area contributed by atoms with E-state index in [1.807, 2.05) is 18.2 Å². The van der Waals surface area contributed by atoms with Crippen LogP contribution in [0.3, 0.4) is 0 Å². The number of pyridine rings is 1. The minimum atomic E-state index is -3.88. The summed E-state index contributed by atoms with van der Waals surface area (Å²) in [6, 6.07) is 6.15. The normalized spacial score (nSPS) is 23.4. The first-order valence-corrected chi connectivity index (χ1v) is 20.6. The highest BCUT2D eigenvalue weighted by molar-refractivity contribution is 7.91. The van der Waals surface area contributed by atoms with Crippen LogP contribution in [0.25, 0.3) is 10.8 Å². The number of fused-ring (bicyclic) bond motifs is 1. The van der Waals surface area contributed by atoms with Gasteiger partial charge in [0.25, 0.3) is 5.91 Å². The summed E-state index contributed by atoms with van der Waals surface area (Å²) in [5.74, 6) is -1.33. The first-order chi connectivity index (χ1) is 25.8. The summed E-state index contributed by atoms with van der Waals surface area (Å²) in [5.41, 5.74) is -1.53. The standard InChI is InChI=1S/C39H55N5O9S/c1-7-10-30(24(4)5)33(11-8-2)52-23-34(45)41-21-35(46)44-22-28(53-37-31-15-12-27(51-6)18-25(31)16-17-40-37)19-32(44)36(47)42-39(20-26(39)9-3)38(48)43-54(49,50)29-13-14-29/h9,12,15-18,24,26,28-30,32-33H,3,7-8,10-11,13-14,19-23H2,1-2,4-6H3,(H,41,45)(H,42,47)(H,43,48)/t26-,28-,30-,32+,33+,39-/m1/s1. The van der Waals surface area contributed by atoms with Gasteiger partial charge in [-0.25, -0.2) is 13.4 Å². The molecule has 0 spiro atoms. The molecule has 0 unspecified atom stereocenters. The fourth-order valence-electron chi connectivity index (χ4n) is 7.43. The van der Waals surface area contributed by atoms with E-state index in [1.54, 1.807) is 19.4 Å². The number of nitrogens with zero attached hydrogens (tertiary/aromatic N) is 2. The van der Waals surface area contributed by atoms with Gasteiger partial charge in [-0.1, -0.05) is 46.6 Å². The van der Waals surface area contributed by atoms with Crippen molar-refractivity contribution in [1.82, 2.24) is 25.2 Å². The van der Waals surface area contributed by atoms with Gasteiger partial charge in [-0.05, 0) is 73.6 Å². The number of hydrogen-bond acceptors (Lipinski definition) is 10. The minimum Gasteiger partial charge on any atom is -0.497 e. The van der Waals surface area contributed by atoms with Gasteiger partial charge in [0.2, 0.25) is 33.6 Å². The summed E-state index contributed by atoms with van der Waals surface area (Å²) in [7, 11) is -2.31. The fraction of sp³-hybridized carbons (Fsp3) is 0.615. The zero-order chi connectivity index (χ0) is 39.2. The number of rotatable bonds is 20. The van der Waals surface area contributed by atoms with Crippen molar-refractivity contribution >= 4 is 44.4 Å². The van der Waals surface area contributed by atoms with E-state index in [0.29, 0.717) is 41.7 Å². The molecule has 14 nitrogen and oxygen atoms in total. The number of nitrogens with one attached hydrogen (secondary N) is 3. The van der Waals surface area contributed by atoms with Crippen molar-refractivity contribution in [3.63, 3.8) is 0 Å². The first-order valence-electron chi connectivity index (χ1n) is 19.0. The maximum absolute atomic E-state index is 14.1. The lowest BCUT2D eigenvalue weighted by molar-refractivity contribution is -0.140. The van der Waals surface area contributed by atoms with Crippen molar-refractivity contribution in [2.75, 3.05) is 26.8 Å². The van der Waals surface area contributed by atoms with E-state index >= 15 is 0 Å². The highest BCUT2D eigenvalue weighted by atomic mass is 32.2. The largest absolute Gasteiger partial charge is 0.497 e. The zero-order valence-corrected chi connectivity index (χ0v) is 32.8. The molecule has 1 saturated heterocycles. The van der Waals surface area contributed by atoms with Gasteiger partial charge in [0.15, 0.2) is 0 Å². The summed E-state index contributed by atoms with van der Waals surface area (Å²) in [6.07, 6.45) is 7.18. The molecule has 3 fully saturated rings. The predicted molar refractivity (Wildman–Crippen MR) is 203 cm³/mol. The van der Waals surface area contributed by atoms with Crippen molar-refractivity contribution in [2.45, 2.75) is 108 Å². The van der Waals surface area contributed by atoms with E-state index in [9.17, 15) is 27.6 Å². The average Bonchev–Trinajstić information content (AvgIpc) is 4.08. The van der Waals surface area contributed by atoms with Crippen LogP contribution in [0.5, 0.6) is 11.6 Å². The molecule has 6 atom stereocenters. The zero-order valence-electron chi connectivity index (χ0n) is 32.0. The van der Waals surface area contributed by atoms with Crippen LogP contribution in [0.15, 0.2) is 43.1 Å². The number of hydrogen-bond donors (Lipinski definition) is 3. The summed E-state index contributed by atoms with van der Waals surface area (Å²) >= 11 is 0. The van der Waals surface area contributed by atoms with E-state index in [1.165, 1.54) is 11.0 Å². The van der Waals surface area contributed by atoms with Crippen LogP contribution in [0, 0.1) is 17.8 Å². The van der Waals surface area contributed by atoms with Crippen molar-refractivity contribution in [3.05, 3.63) is 43.1 Å². The number of benzene rings is 1. The van der Waals surface area contributed by atoms with Gasteiger partial charge in [-0.3, -0.25) is 23.9 Å². The highest BCUT2D eigenvalue weighted by Gasteiger charge is 2.62. The Morgan fingerprint density at radius 3 is 2.48 bits per heavy atom. The molecule has 0 bridgehead atoms. The lowest BCUT2D eigenvalue weighted by Gasteiger charge is -2.30. The summed E-state index contributed by atoms with van der Waals surface area (Å²) < 4.78 is 45.2. The molecule has 1 aliphatic heterocycles. The molecule has 2 heterocycles. The first kappa shape index (κ1) is 40.9. The number of carbonyl (C=O) groups is 4. The van der Waals surface area contributed by atoms with E-state index in [4.69, 9.17) is 14.2 Å². The number of aromatic nitrogens is 1. The number of ether oxygens (including phenoxy) is 3. The SMILES string of the molecule is C=C[C@@H]1C[C@]1(NC(=O)[C@@H]1C[C@@H](Oc2nccc3cc(OC)ccc23)CN1C(=O)CNC(=O)CO[C@@H](CCC)[C@H](CCC)C(C)C)C(=O)NS(=O)(=O)C1CC1. The molecule has 1 aromatic heterocycles. The van der Waals surface area contributed by atoms with Crippen LogP contribution >= 0.6 is 0 Å². The van der Waals surface area contributed by atoms with Gasteiger partial charge in [0.1, 0.15) is 30.0 Å². The van der Waals surface area contributed by atoms with E-state index in [0.717, 1.165) is 31.1 Å². The minimum absolute atomic E-state index is 0.0106. The Labute approximate surface area is 318 Å². The van der Waals surface area contributed by atoms with E-state index in [2.05, 4.69) is 54.6 Å². The monoisotopic (exact) mass is 769 g/mol.